The van der Waals surface area contributed by atoms with Crippen LogP contribution in [0, 0.1) is 0 Å². The van der Waals surface area contributed by atoms with Gasteiger partial charge in [-0.05, 0) is 34.2 Å². The number of carbonyl (C=O) groups is 1. The van der Waals surface area contributed by atoms with Crippen molar-refractivity contribution in [3.63, 3.8) is 0 Å². The highest BCUT2D eigenvalue weighted by molar-refractivity contribution is 7.91. The Bertz CT molecular complexity index is 451. The molecule has 1 aliphatic rings. The second-order valence-electron chi connectivity index (χ2n) is 5.83. The van der Waals surface area contributed by atoms with Gasteiger partial charge < -0.3 is 10.1 Å². The fourth-order valence-corrected chi connectivity index (χ4v) is 4.47. The van der Waals surface area contributed by atoms with E-state index in [0.717, 1.165) is 0 Å². The highest BCUT2D eigenvalue weighted by Crippen LogP contribution is 2.22. The minimum absolute atomic E-state index is 0.0255. The minimum atomic E-state index is -2.92. The summed E-state index contributed by atoms with van der Waals surface area (Å²) in [7, 11) is 0.186. The van der Waals surface area contributed by atoms with Crippen LogP contribution in [-0.4, -0.2) is 69.1 Å². The van der Waals surface area contributed by atoms with Gasteiger partial charge in [-0.1, -0.05) is 0 Å². The molecule has 7 heteroatoms. The Morgan fingerprint density at radius 2 is 2.15 bits per heavy atom. The molecule has 118 valence electrons. The van der Waals surface area contributed by atoms with E-state index >= 15 is 0 Å². The maximum absolute atomic E-state index is 11.9. The molecular formula is C13H26N2O4S. The summed E-state index contributed by atoms with van der Waals surface area (Å²) < 4.78 is 28.1. The lowest BCUT2D eigenvalue weighted by atomic mass is 9.92. The smallest absolute Gasteiger partial charge is 0.325 e. The van der Waals surface area contributed by atoms with Crippen molar-refractivity contribution in [2.75, 3.05) is 32.2 Å². The molecule has 0 spiro atoms. The molecule has 3 unspecified atom stereocenters. The first-order valence-corrected chi connectivity index (χ1v) is 8.71. The van der Waals surface area contributed by atoms with Crippen LogP contribution in [0.4, 0.5) is 0 Å². The molecule has 0 aromatic carbocycles. The van der Waals surface area contributed by atoms with Gasteiger partial charge in [0.25, 0.3) is 0 Å². The van der Waals surface area contributed by atoms with Crippen LogP contribution in [0.25, 0.3) is 0 Å². The van der Waals surface area contributed by atoms with Gasteiger partial charge >= 0.3 is 5.97 Å². The van der Waals surface area contributed by atoms with Gasteiger partial charge in [0.2, 0.25) is 0 Å². The Morgan fingerprint density at radius 1 is 1.55 bits per heavy atom. The summed E-state index contributed by atoms with van der Waals surface area (Å²) in [5.74, 6) is 0.0753. The number of methoxy groups -OCH3 is 1. The Hall–Kier alpha value is -0.660. The van der Waals surface area contributed by atoms with E-state index in [9.17, 15) is 13.2 Å². The normalized spacial score (nSPS) is 27.6. The van der Waals surface area contributed by atoms with E-state index < -0.39 is 15.4 Å². The molecule has 1 saturated heterocycles. The zero-order valence-electron chi connectivity index (χ0n) is 13.0. The number of ether oxygens (including phenoxy) is 1. The van der Waals surface area contributed by atoms with Gasteiger partial charge in [-0.3, -0.25) is 9.69 Å². The first-order chi connectivity index (χ1) is 9.15. The lowest BCUT2D eigenvalue weighted by Crippen LogP contribution is -2.56. The summed E-state index contributed by atoms with van der Waals surface area (Å²) in [6, 6.07) is 0.0690. The second kappa shape index (κ2) is 6.41. The van der Waals surface area contributed by atoms with E-state index in [1.165, 1.54) is 7.11 Å². The van der Waals surface area contributed by atoms with Crippen molar-refractivity contribution in [3.05, 3.63) is 0 Å². The van der Waals surface area contributed by atoms with Crippen molar-refractivity contribution in [2.24, 2.45) is 0 Å². The molecule has 0 aromatic heterocycles. The number of nitrogens with zero attached hydrogens (tertiary/aromatic N) is 1. The fourth-order valence-electron chi connectivity index (χ4n) is 2.89. The molecule has 0 aromatic rings. The average Bonchev–Trinajstić information content (AvgIpc) is 2.36. The first kappa shape index (κ1) is 17.4. The van der Waals surface area contributed by atoms with E-state index in [-0.39, 0.29) is 29.6 Å². The zero-order valence-corrected chi connectivity index (χ0v) is 13.8. The van der Waals surface area contributed by atoms with Gasteiger partial charge in [0, 0.05) is 18.6 Å². The quantitative estimate of drug-likeness (QED) is 0.723. The summed E-state index contributed by atoms with van der Waals surface area (Å²) in [4.78, 5) is 14.0. The number of sulfone groups is 1. The Balaban J connectivity index is 2.75. The molecule has 1 N–H and O–H groups in total. The predicted octanol–water partition coefficient (Wildman–Crippen LogP) is 0.0350. The van der Waals surface area contributed by atoms with Crippen molar-refractivity contribution in [3.8, 4) is 0 Å². The van der Waals surface area contributed by atoms with Crippen LogP contribution in [0.5, 0.6) is 0 Å². The minimum Gasteiger partial charge on any atom is -0.468 e. The van der Waals surface area contributed by atoms with Crippen molar-refractivity contribution in [1.82, 2.24) is 10.2 Å². The molecule has 20 heavy (non-hydrogen) atoms. The van der Waals surface area contributed by atoms with Gasteiger partial charge in [0.15, 0.2) is 9.84 Å². The fraction of sp³-hybridized carbons (Fsp3) is 0.923. The SMILES string of the molecule is CNC(C)(CC(C)N1CCS(=O)(=O)CC1C)C(=O)OC. The number of esters is 1. The molecule has 6 nitrogen and oxygen atoms in total. The Kier molecular flexibility index (Phi) is 5.57. The van der Waals surface area contributed by atoms with Crippen LogP contribution in [0.2, 0.25) is 0 Å². The van der Waals surface area contributed by atoms with Crippen LogP contribution in [0.15, 0.2) is 0 Å². The summed E-state index contributed by atoms with van der Waals surface area (Å²) in [5.41, 5.74) is -0.760. The molecule has 0 bridgehead atoms. The summed E-state index contributed by atoms with van der Waals surface area (Å²) in [6.07, 6.45) is 0.570. The monoisotopic (exact) mass is 306 g/mol. The number of nitrogens with one attached hydrogen (secondary N) is 1. The molecule has 0 aliphatic carbocycles. The van der Waals surface area contributed by atoms with Crippen LogP contribution in [-0.2, 0) is 19.4 Å². The molecule has 0 saturated carbocycles. The molecule has 3 atom stereocenters. The average molecular weight is 306 g/mol. The third kappa shape index (κ3) is 3.93. The molecular weight excluding hydrogens is 280 g/mol. The Labute approximate surface area is 121 Å². The molecule has 0 radical (unpaired) electrons. The maximum atomic E-state index is 11.9. The van der Waals surface area contributed by atoms with E-state index in [1.54, 1.807) is 14.0 Å². The number of hydrogen-bond donors (Lipinski definition) is 1. The topological polar surface area (TPSA) is 75.7 Å². The summed E-state index contributed by atoms with van der Waals surface area (Å²) in [6.45, 7) is 6.27. The number of hydrogen-bond acceptors (Lipinski definition) is 6. The molecule has 1 rings (SSSR count). The lowest BCUT2D eigenvalue weighted by molar-refractivity contribution is -0.148. The summed E-state index contributed by atoms with van der Waals surface area (Å²) in [5, 5.41) is 3.01. The van der Waals surface area contributed by atoms with Crippen LogP contribution in [0.3, 0.4) is 0 Å². The third-order valence-electron chi connectivity index (χ3n) is 4.18. The largest absolute Gasteiger partial charge is 0.468 e. The highest BCUT2D eigenvalue weighted by atomic mass is 32.2. The van der Waals surface area contributed by atoms with Crippen molar-refractivity contribution in [1.29, 1.82) is 0 Å². The molecule has 0 amide bonds. The predicted molar refractivity (Wildman–Crippen MR) is 78.4 cm³/mol. The van der Waals surface area contributed by atoms with Gasteiger partial charge in [0.1, 0.15) is 5.54 Å². The van der Waals surface area contributed by atoms with Crippen LogP contribution in [0.1, 0.15) is 27.2 Å². The highest BCUT2D eigenvalue weighted by Gasteiger charge is 2.38. The van der Waals surface area contributed by atoms with E-state index in [4.69, 9.17) is 4.74 Å². The second-order valence-corrected chi connectivity index (χ2v) is 8.06. The number of rotatable bonds is 5. The third-order valence-corrected chi connectivity index (χ3v) is 5.97. The zero-order chi connectivity index (χ0) is 15.6. The van der Waals surface area contributed by atoms with Gasteiger partial charge in [0.05, 0.1) is 18.6 Å². The Morgan fingerprint density at radius 3 is 2.60 bits per heavy atom. The first-order valence-electron chi connectivity index (χ1n) is 6.88. The van der Waals surface area contributed by atoms with Crippen LogP contribution < -0.4 is 5.32 Å². The molecule has 1 fully saturated rings. The van der Waals surface area contributed by atoms with Crippen molar-refractivity contribution in [2.45, 2.75) is 44.8 Å². The van der Waals surface area contributed by atoms with Gasteiger partial charge in [-0.2, -0.15) is 0 Å². The lowest BCUT2D eigenvalue weighted by Gasteiger charge is -2.40. The molecule has 1 heterocycles. The van der Waals surface area contributed by atoms with Crippen LogP contribution >= 0.6 is 0 Å². The van der Waals surface area contributed by atoms with E-state index in [2.05, 4.69) is 10.2 Å². The van der Waals surface area contributed by atoms with Crippen molar-refractivity contribution < 1.29 is 17.9 Å². The standard InChI is InChI=1S/C13H26N2O4S/c1-10(8-13(3,14-4)12(16)19-5)15-6-7-20(17,18)9-11(15)2/h10-11,14H,6-9H2,1-5H3. The van der Waals surface area contributed by atoms with Gasteiger partial charge in [-0.15, -0.1) is 0 Å². The number of carbonyl (C=O) groups excluding carboxylic acids is 1. The van der Waals surface area contributed by atoms with Crippen molar-refractivity contribution >= 4 is 15.8 Å². The summed E-state index contributed by atoms with van der Waals surface area (Å²) >= 11 is 0. The number of likely N-dealkylation sites (N-methyl/N-ethyl adjacent to an activating group) is 1. The van der Waals surface area contributed by atoms with E-state index in [0.29, 0.717) is 13.0 Å². The van der Waals surface area contributed by atoms with E-state index in [1.807, 2.05) is 13.8 Å². The van der Waals surface area contributed by atoms with Gasteiger partial charge in [-0.25, -0.2) is 8.42 Å². The molecule has 1 aliphatic heterocycles. The maximum Gasteiger partial charge on any atom is 0.325 e.